The normalized spacial score (nSPS) is 14.6. The Balaban J connectivity index is 2.04. The molecule has 0 atom stereocenters. The fraction of sp³-hybridized carbons (Fsp3) is 0.316. The van der Waals surface area contributed by atoms with Crippen LogP contribution >= 0.6 is 0 Å². The minimum Gasteiger partial charge on any atom is -0.288 e. The summed E-state index contributed by atoms with van der Waals surface area (Å²) in [5, 5.41) is 16.8. The van der Waals surface area contributed by atoms with Gasteiger partial charge in [-0.05, 0) is 41.3 Å². The third-order valence-corrected chi connectivity index (χ3v) is 4.15. The Morgan fingerprint density at radius 1 is 1.13 bits per heavy atom. The molecular weight excluding hydrogens is 284 g/mol. The van der Waals surface area contributed by atoms with E-state index in [0.717, 1.165) is 23.2 Å². The molecule has 0 fully saturated rings. The quantitative estimate of drug-likeness (QED) is 0.601. The topological polar surface area (TPSA) is 63.8 Å². The number of hydrogen-bond donors (Lipinski definition) is 2. The van der Waals surface area contributed by atoms with Crippen LogP contribution in [0.25, 0.3) is 11.1 Å². The van der Waals surface area contributed by atoms with E-state index in [1.807, 2.05) is 39.1 Å². The molecule has 1 aliphatic rings. The minimum atomic E-state index is -0.289. The van der Waals surface area contributed by atoms with Crippen molar-refractivity contribution in [3.8, 4) is 11.1 Å². The standard InChI is InChI=1S/C19H22N4/c1-19(2,3)18(21)23-16-8-6-13(15-5-4-10-22-12-15)11-14(16)7-9-17(23)20/h4-6,8,10-12,20-21H,7,9H2,1-3H3. The van der Waals surface area contributed by atoms with Crippen molar-refractivity contribution in [2.75, 3.05) is 4.90 Å². The first-order valence-electron chi connectivity index (χ1n) is 7.88. The Morgan fingerprint density at radius 3 is 2.57 bits per heavy atom. The zero-order chi connectivity index (χ0) is 16.6. The Hall–Kier alpha value is -2.49. The molecule has 0 bridgehead atoms. The van der Waals surface area contributed by atoms with Crippen molar-refractivity contribution in [2.45, 2.75) is 33.6 Å². The van der Waals surface area contributed by atoms with Gasteiger partial charge in [0.2, 0.25) is 0 Å². The molecule has 0 radical (unpaired) electrons. The molecule has 0 unspecified atom stereocenters. The number of amidine groups is 2. The summed E-state index contributed by atoms with van der Waals surface area (Å²) in [6, 6.07) is 10.2. The number of aryl methyl sites for hydroxylation is 1. The highest BCUT2D eigenvalue weighted by Gasteiger charge is 2.31. The molecule has 0 saturated heterocycles. The fourth-order valence-electron chi connectivity index (χ4n) is 2.82. The molecule has 23 heavy (non-hydrogen) atoms. The largest absolute Gasteiger partial charge is 0.288 e. The number of aromatic nitrogens is 1. The molecule has 0 amide bonds. The number of fused-ring (bicyclic) bond motifs is 1. The molecule has 118 valence electrons. The maximum Gasteiger partial charge on any atom is 0.111 e. The SMILES string of the molecule is CC(C)(C)C(=N)N1C(=N)CCc2cc(-c3cccnc3)ccc21. The van der Waals surface area contributed by atoms with Gasteiger partial charge in [0.25, 0.3) is 0 Å². The second-order valence-corrected chi connectivity index (χ2v) is 6.97. The van der Waals surface area contributed by atoms with Crippen LogP contribution in [-0.4, -0.2) is 16.7 Å². The molecule has 2 N–H and O–H groups in total. The number of pyridine rings is 1. The summed E-state index contributed by atoms with van der Waals surface area (Å²) in [7, 11) is 0. The molecule has 4 nitrogen and oxygen atoms in total. The van der Waals surface area contributed by atoms with Crippen LogP contribution in [0, 0.1) is 16.2 Å². The van der Waals surface area contributed by atoms with Gasteiger partial charge in [-0.3, -0.25) is 20.7 Å². The van der Waals surface area contributed by atoms with E-state index >= 15 is 0 Å². The third-order valence-electron chi connectivity index (χ3n) is 4.15. The van der Waals surface area contributed by atoms with E-state index in [1.165, 1.54) is 5.56 Å². The van der Waals surface area contributed by atoms with Crippen LogP contribution in [0.15, 0.2) is 42.7 Å². The molecule has 0 saturated carbocycles. The van der Waals surface area contributed by atoms with Crippen LogP contribution in [0.4, 0.5) is 5.69 Å². The highest BCUT2D eigenvalue weighted by Crippen LogP contribution is 2.34. The predicted molar refractivity (Wildman–Crippen MR) is 95.4 cm³/mol. The number of benzene rings is 1. The summed E-state index contributed by atoms with van der Waals surface area (Å²) in [4.78, 5) is 5.98. The summed E-state index contributed by atoms with van der Waals surface area (Å²) in [6.07, 6.45) is 5.15. The third kappa shape index (κ3) is 2.89. The first-order chi connectivity index (χ1) is 10.9. The fourth-order valence-corrected chi connectivity index (χ4v) is 2.82. The van der Waals surface area contributed by atoms with Gasteiger partial charge in [0, 0.05) is 24.2 Å². The molecular formula is C19H22N4. The molecule has 1 aromatic carbocycles. The highest BCUT2D eigenvalue weighted by atomic mass is 15.2. The first kappa shape index (κ1) is 15.4. The lowest BCUT2D eigenvalue weighted by Crippen LogP contribution is -2.45. The van der Waals surface area contributed by atoms with E-state index < -0.39 is 0 Å². The molecule has 2 heterocycles. The van der Waals surface area contributed by atoms with E-state index in [0.29, 0.717) is 18.1 Å². The van der Waals surface area contributed by atoms with Crippen molar-refractivity contribution in [3.05, 3.63) is 48.3 Å². The molecule has 1 aromatic heterocycles. The van der Waals surface area contributed by atoms with Gasteiger partial charge in [-0.2, -0.15) is 0 Å². The van der Waals surface area contributed by atoms with E-state index in [2.05, 4.69) is 23.2 Å². The lowest BCUT2D eigenvalue weighted by atomic mass is 9.90. The van der Waals surface area contributed by atoms with Gasteiger partial charge in [0.15, 0.2) is 0 Å². The van der Waals surface area contributed by atoms with E-state index in [-0.39, 0.29) is 5.41 Å². The molecule has 0 spiro atoms. The summed E-state index contributed by atoms with van der Waals surface area (Å²) in [6.45, 7) is 6.04. The maximum atomic E-state index is 8.49. The van der Waals surface area contributed by atoms with Crippen LogP contribution in [0.2, 0.25) is 0 Å². The minimum absolute atomic E-state index is 0.289. The van der Waals surface area contributed by atoms with Crippen LogP contribution < -0.4 is 4.90 Å². The first-order valence-corrected chi connectivity index (χ1v) is 7.88. The molecule has 3 rings (SSSR count). The van der Waals surface area contributed by atoms with Crippen molar-refractivity contribution >= 4 is 17.4 Å². The van der Waals surface area contributed by atoms with Crippen molar-refractivity contribution in [3.63, 3.8) is 0 Å². The van der Waals surface area contributed by atoms with E-state index in [1.54, 1.807) is 11.1 Å². The van der Waals surface area contributed by atoms with Crippen molar-refractivity contribution in [2.24, 2.45) is 5.41 Å². The van der Waals surface area contributed by atoms with Crippen LogP contribution in [0.3, 0.4) is 0 Å². The van der Waals surface area contributed by atoms with Crippen LogP contribution in [-0.2, 0) is 6.42 Å². The Labute approximate surface area is 137 Å². The number of nitrogens with zero attached hydrogens (tertiary/aromatic N) is 2. The Kier molecular flexibility index (Phi) is 3.76. The molecule has 1 aliphatic heterocycles. The van der Waals surface area contributed by atoms with Gasteiger partial charge in [-0.15, -0.1) is 0 Å². The highest BCUT2D eigenvalue weighted by molar-refractivity contribution is 6.19. The second kappa shape index (κ2) is 5.61. The van der Waals surface area contributed by atoms with E-state index in [9.17, 15) is 0 Å². The van der Waals surface area contributed by atoms with Gasteiger partial charge in [0.1, 0.15) is 11.7 Å². The second-order valence-electron chi connectivity index (χ2n) is 6.97. The Bertz CT molecular complexity index is 757. The van der Waals surface area contributed by atoms with Gasteiger partial charge >= 0.3 is 0 Å². The Morgan fingerprint density at radius 2 is 1.91 bits per heavy atom. The summed E-state index contributed by atoms with van der Waals surface area (Å²) >= 11 is 0. The molecule has 2 aromatic rings. The smallest absolute Gasteiger partial charge is 0.111 e. The lowest BCUT2D eigenvalue weighted by molar-refractivity contribution is 0.579. The average molecular weight is 306 g/mol. The van der Waals surface area contributed by atoms with Gasteiger partial charge in [-0.25, -0.2) is 0 Å². The van der Waals surface area contributed by atoms with Crippen molar-refractivity contribution < 1.29 is 0 Å². The number of rotatable bonds is 1. The number of nitrogens with one attached hydrogen (secondary N) is 2. The molecule has 4 heteroatoms. The lowest BCUT2D eigenvalue weighted by Gasteiger charge is -2.37. The molecule has 0 aliphatic carbocycles. The summed E-state index contributed by atoms with van der Waals surface area (Å²) in [5.74, 6) is 0.976. The van der Waals surface area contributed by atoms with Crippen LogP contribution in [0.1, 0.15) is 32.8 Å². The van der Waals surface area contributed by atoms with E-state index in [4.69, 9.17) is 10.8 Å². The average Bonchev–Trinajstić information content (AvgIpc) is 2.54. The zero-order valence-corrected chi connectivity index (χ0v) is 13.9. The summed E-state index contributed by atoms with van der Waals surface area (Å²) < 4.78 is 0. The number of anilines is 1. The summed E-state index contributed by atoms with van der Waals surface area (Å²) in [5.41, 5.74) is 4.09. The number of hydrogen-bond acceptors (Lipinski definition) is 3. The van der Waals surface area contributed by atoms with Gasteiger partial charge in [-0.1, -0.05) is 32.9 Å². The van der Waals surface area contributed by atoms with Gasteiger partial charge < -0.3 is 0 Å². The van der Waals surface area contributed by atoms with Crippen LogP contribution in [0.5, 0.6) is 0 Å². The predicted octanol–water partition coefficient (Wildman–Crippen LogP) is 4.50. The monoisotopic (exact) mass is 306 g/mol. The maximum absolute atomic E-state index is 8.49. The van der Waals surface area contributed by atoms with Crippen molar-refractivity contribution in [1.29, 1.82) is 10.8 Å². The zero-order valence-electron chi connectivity index (χ0n) is 13.9. The van der Waals surface area contributed by atoms with Crippen molar-refractivity contribution in [1.82, 2.24) is 4.98 Å². The van der Waals surface area contributed by atoms with Gasteiger partial charge in [0.05, 0.1) is 5.69 Å².